The lowest BCUT2D eigenvalue weighted by Gasteiger charge is -2.11. The van der Waals surface area contributed by atoms with E-state index >= 15 is 0 Å². The number of esters is 1. The Hall–Kier alpha value is -2.31. The van der Waals surface area contributed by atoms with Gasteiger partial charge in [0.2, 0.25) is 5.91 Å². The highest BCUT2D eigenvalue weighted by molar-refractivity contribution is 5.95. The molecule has 1 amide bonds. The smallest absolute Gasteiger partial charge is 0.341 e. The lowest BCUT2D eigenvalue weighted by Crippen LogP contribution is -2.27. The Bertz CT molecular complexity index is 529. The molecule has 1 aliphatic rings. The number of carbonyl (C=O) groups is 2. The van der Waals surface area contributed by atoms with E-state index in [2.05, 4.69) is 15.6 Å². The minimum atomic E-state index is -0.484. The highest BCUT2D eigenvalue weighted by Crippen LogP contribution is 2.19. The molecule has 1 saturated carbocycles. The van der Waals surface area contributed by atoms with Crippen molar-refractivity contribution in [3.05, 3.63) is 17.8 Å². The number of rotatable bonds is 7. The van der Waals surface area contributed by atoms with E-state index < -0.39 is 5.97 Å². The summed E-state index contributed by atoms with van der Waals surface area (Å²) in [6, 6.07) is 1.86. The molecule has 0 bridgehead atoms. The molecule has 0 spiro atoms. The minimum absolute atomic E-state index is 0.00173. The average molecular weight is 292 g/mol. The number of aromatic nitrogens is 1. The first kappa shape index (κ1) is 15.1. The molecule has 0 saturated heterocycles. The summed E-state index contributed by atoms with van der Waals surface area (Å²) < 4.78 is 4.96. The van der Waals surface area contributed by atoms with Gasteiger partial charge in [-0.25, -0.2) is 9.78 Å². The minimum Gasteiger partial charge on any atom is -0.462 e. The van der Waals surface area contributed by atoms with Gasteiger partial charge in [0, 0.05) is 19.0 Å². The van der Waals surface area contributed by atoms with Gasteiger partial charge in [0.15, 0.2) is 0 Å². The SMILES string of the molecule is CCOC(=O)c1cc(N)cnc1NCCC(=O)NC1CC1. The van der Waals surface area contributed by atoms with Crippen LogP contribution in [-0.4, -0.2) is 36.1 Å². The number of nitrogen functional groups attached to an aromatic ring is 1. The van der Waals surface area contributed by atoms with Crippen LogP contribution in [0.2, 0.25) is 0 Å². The van der Waals surface area contributed by atoms with Crippen LogP contribution < -0.4 is 16.4 Å². The summed E-state index contributed by atoms with van der Waals surface area (Å²) >= 11 is 0. The fraction of sp³-hybridized carbons (Fsp3) is 0.500. The average Bonchev–Trinajstić information content (AvgIpc) is 3.24. The molecule has 0 atom stereocenters. The van der Waals surface area contributed by atoms with E-state index in [1.807, 2.05) is 0 Å². The first-order valence-corrected chi connectivity index (χ1v) is 7.06. The fourth-order valence-electron chi connectivity index (χ4n) is 1.81. The second kappa shape index (κ2) is 6.92. The third-order valence-electron chi connectivity index (χ3n) is 2.99. The third-order valence-corrected chi connectivity index (χ3v) is 2.99. The van der Waals surface area contributed by atoms with Crippen molar-refractivity contribution in [2.45, 2.75) is 32.2 Å². The number of hydrogen-bond acceptors (Lipinski definition) is 6. The molecule has 7 nitrogen and oxygen atoms in total. The van der Waals surface area contributed by atoms with Crippen molar-refractivity contribution in [1.82, 2.24) is 10.3 Å². The predicted molar refractivity (Wildman–Crippen MR) is 78.9 cm³/mol. The molecule has 0 aromatic carbocycles. The summed E-state index contributed by atoms with van der Waals surface area (Å²) in [7, 11) is 0. The van der Waals surface area contributed by atoms with E-state index in [9.17, 15) is 9.59 Å². The first-order chi connectivity index (χ1) is 10.1. The maximum Gasteiger partial charge on any atom is 0.341 e. The number of ether oxygens (including phenoxy) is 1. The monoisotopic (exact) mass is 292 g/mol. The lowest BCUT2D eigenvalue weighted by atomic mass is 10.2. The summed E-state index contributed by atoms with van der Waals surface area (Å²) in [6.45, 7) is 2.39. The van der Waals surface area contributed by atoms with Crippen LogP contribution in [0.4, 0.5) is 11.5 Å². The van der Waals surface area contributed by atoms with Crippen LogP contribution in [0.5, 0.6) is 0 Å². The molecule has 1 heterocycles. The van der Waals surface area contributed by atoms with Gasteiger partial charge in [-0.3, -0.25) is 4.79 Å². The second-order valence-corrected chi connectivity index (χ2v) is 4.90. The molecule has 0 aliphatic heterocycles. The fourth-order valence-corrected chi connectivity index (χ4v) is 1.81. The van der Waals surface area contributed by atoms with E-state index in [0.717, 1.165) is 12.8 Å². The van der Waals surface area contributed by atoms with E-state index in [-0.39, 0.29) is 18.1 Å². The molecular weight excluding hydrogens is 272 g/mol. The number of carbonyl (C=O) groups excluding carboxylic acids is 2. The number of anilines is 2. The number of pyridine rings is 1. The van der Waals surface area contributed by atoms with Gasteiger partial charge in [-0.15, -0.1) is 0 Å². The summed E-state index contributed by atoms with van der Waals surface area (Å²) in [4.78, 5) is 27.5. The second-order valence-electron chi connectivity index (χ2n) is 4.90. The number of nitrogens with two attached hydrogens (primary N) is 1. The number of amides is 1. The molecule has 4 N–H and O–H groups in total. The summed E-state index contributed by atoms with van der Waals surface area (Å²) in [5.41, 5.74) is 6.30. The normalized spacial score (nSPS) is 13.6. The molecule has 1 aliphatic carbocycles. The number of nitrogens with one attached hydrogen (secondary N) is 2. The van der Waals surface area contributed by atoms with Gasteiger partial charge < -0.3 is 21.1 Å². The predicted octanol–water partition coefficient (Wildman–Crippen LogP) is 0.921. The number of hydrogen-bond donors (Lipinski definition) is 3. The summed E-state index contributed by atoms with van der Waals surface area (Å²) in [5, 5.41) is 5.87. The Morgan fingerprint density at radius 3 is 2.90 bits per heavy atom. The highest BCUT2D eigenvalue weighted by atomic mass is 16.5. The molecule has 0 unspecified atom stereocenters. The standard InChI is InChI=1S/C14H20N4O3/c1-2-21-14(20)11-7-9(15)8-17-13(11)16-6-5-12(19)18-10-3-4-10/h7-8,10H,2-6,15H2,1H3,(H,16,17)(H,18,19). The zero-order valence-corrected chi connectivity index (χ0v) is 12.0. The molecule has 1 aromatic rings. The van der Waals surface area contributed by atoms with Gasteiger partial charge in [0.25, 0.3) is 0 Å². The molecule has 114 valence electrons. The molecule has 0 radical (unpaired) electrons. The van der Waals surface area contributed by atoms with Gasteiger partial charge in [-0.05, 0) is 25.8 Å². The number of nitrogens with zero attached hydrogens (tertiary/aromatic N) is 1. The van der Waals surface area contributed by atoms with E-state index in [4.69, 9.17) is 10.5 Å². The molecule has 1 fully saturated rings. The van der Waals surface area contributed by atoms with Gasteiger partial charge >= 0.3 is 5.97 Å². The van der Waals surface area contributed by atoms with Crippen molar-refractivity contribution in [1.29, 1.82) is 0 Å². The van der Waals surface area contributed by atoms with Crippen molar-refractivity contribution in [2.24, 2.45) is 0 Å². The van der Waals surface area contributed by atoms with E-state index in [1.165, 1.54) is 12.3 Å². The van der Waals surface area contributed by atoms with Crippen molar-refractivity contribution >= 4 is 23.4 Å². The van der Waals surface area contributed by atoms with Crippen LogP contribution in [0.25, 0.3) is 0 Å². The van der Waals surface area contributed by atoms with Crippen molar-refractivity contribution in [3.8, 4) is 0 Å². The molecule has 1 aromatic heterocycles. The van der Waals surface area contributed by atoms with Gasteiger partial charge in [0.1, 0.15) is 11.4 Å². The Balaban J connectivity index is 1.91. The van der Waals surface area contributed by atoms with Crippen molar-refractivity contribution in [2.75, 3.05) is 24.2 Å². The zero-order chi connectivity index (χ0) is 15.2. The third kappa shape index (κ3) is 4.62. The van der Waals surface area contributed by atoms with E-state index in [1.54, 1.807) is 6.92 Å². The quantitative estimate of drug-likeness (QED) is 0.645. The van der Waals surface area contributed by atoms with Crippen molar-refractivity contribution < 1.29 is 14.3 Å². The van der Waals surface area contributed by atoms with Crippen molar-refractivity contribution in [3.63, 3.8) is 0 Å². The summed E-state index contributed by atoms with van der Waals surface area (Å²) in [6.07, 6.45) is 3.90. The van der Waals surface area contributed by atoms with Gasteiger partial charge in [0.05, 0.1) is 18.5 Å². The van der Waals surface area contributed by atoms with Crippen LogP contribution >= 0.6 is 0 Å². The van der Waals surface area contributed by atoms with Crippen LogP contribution in [0.3, 0.4) is 0 Å². The Labute approximate surface area is 123 Å². The largest absolute Gasteiger partial charge is 0.462 e. The maximum absolute atomic E-state index is 11.8. The Kier molecular flexibility index (Phi) is 4.97. The Morgan fingerprint density at radius 1 is 1.48 bits per heavy atom. The molecule has 2 rings (SSSR count). The lowest BCUT2D eigenvalue weighted by molar-refractivity contribution is -0.120. The highest BCUT2D eigenvalue weighted by Gasteiger charge is 2.23. The van der Waals surface area contributed by atoms with Crippen LogP contribution in [0.1, 0.15) is 36.5 Å². The van der Waals surface area contributed by atoms with E-state index in [0.29, 0.717) is 30.5 Å². The van der Waals surface area contributed by atoms with Crippen LogP contribution in [-0.2, 0) is 9.53 Å². The van der Waals surface area contributed by atoms with Crippen LogP contribution in [0, 0.1) is 0 Å². The molecule has 21 heavy (non-hydrogen) atoms. The topological polar surface area (TPSA) is 106 Å². The molecular formula is C14H20N4O3. The summed E-state index contributed by atoms with van der Waals surface area (Å²) in [5.74, 6) is -0.109. The molecule has 7 heteroatoms. The Morgan fingerprint density at radius 2 is 2.24 bits per heavy atom. The van der Waals surface area contributed by atoms with Gasteiger partial charge in [-0.1, -0.05) is 0 Å². The van der Waals surface area contributed by atoms with Gasteiger partial charge in [-0.2, -0.15) is 0 Å². The van der Waals surface area contributed by atoms with Crippen LogP contribution in [0.15, 0.2) is 12.3 Å². The zero-order valence-electron chi connectivity index (χ0n) is 12.0. The first-order valence-electron chi connectivity index (χ1n) is 7.06. The maximum atomic E-state index is 11.8.